The van der Waals surface area contributed by atoms with Crippen LogP contribution in [0, 0.1) is 13.8 Å². The molecule has 0 bridgehead atoms. The zero-order valence-electron chi connectivity index (χ0n) is 10.5. The summed E-state index contributed by atoms with van der Waals surface area (Å²) < 4.78 is 1.93. The molecule has 90 valence electrons. The lowest BCUT2D eigenvalue weighted by Crippen LogP contribution is -2.38. The summed E-state index contributed by atoms with van der Waals surface area (Å²) >= 11 is 0. The molecule has 0 radical (unpaired) electrons. The number of rotatable bonds is 5. The van der Waals surface area contributed by atoms with Gasteiger partial charge in [0.25, 0.3) is 0 Å². The summed E-state index contributed by atoms with van der Waals surface area (Å²) in [4.78, 5) is 11.5. The molecule has 0 aliphatic rings. The Morgan fingerprint density at radius 1 is 1.38 bits per heavy atom. The first-order chi connectivity index (χ1) is 7.54. The lowest BCUT2D eigenvalue weighted by Gasteiger charge is -2.15. The monoisotopic (exact) mass is 223 g/mol. The van der Waals surface area contributed by atoms with Gasteiger partial charge in [-0.05, 0) is 39.3 Å². The van der Waals surface area contributed by atoms with Gasteiger partial charge in [0.15, 0.2) is 0 Å². The lowest BCUT2D eigenvalue weighted by molar-refractivity contribution is -0.120. The van der Waals surface area contributed by atoms with E-state index in [-0.39, 0.29) is 11.9 Å². The Morgan fingerprint density at radius 3 is 2.44 bits per heavy atom. The molecular formula is C12H21N3O. The summed E-state index contributed by atoms with van der Waals surface area (Å²) in [5.74, 6) is 0.0295. The molecule has 1 aromatic heterocycles. The summed E-state index contributed by atoms with van der Waals surface area (Å²) in [5, 5.41) is 2.92. The zero-order valence-corrected chi connectivity index (χ0v) is 10.5. The first-order valence-electron chi connectivity index (χ1n) is 5.72. The van der Waals surface area contributed by atoms with E-state index in [1.54, 1.807) is 0 Å². The molecule has 1 rings (SSSR count). The molecule has 4 nitrogen and oxygen atoms in total. The number of nitrogens with one attached hydrogen (secondary N) is 2. The van der Waals surface area contributed by atoms with Crippen LogP contribution in [-0.4, -0.2) is 23.2 Å². The third kappa shape index (κ3) is 3.29. The molecule has 0 spiro atoms. The van der Waals surface area contributed by atoms with Crippen molar-refractivity contribution in [1.29, 1.82) is 0 Å². The molecule has 2 N–H and O–H groups in total. The fourth-order valence-corrected chi connectivity index (χ4v) is 1.50. The van der Waals surface area contributed by atoms with Crippen molar-refractivity contribution in [1.82, 2.24) is 9.99 Å². The van der Waals surface area contributed by atoms with Crippen LogP contribution in [0.1, 0.15) is 31.7 Å². The fraction of sp³-hybridized carbons (Fsp3) is 0.583. The van der Waals surface area contributed by atoms with Crippen molar-refractivity contribution in [2.24, 2.45) is 0 Å². The number of aryl methyl sites for hydroxylation is 2. The highest BCUT2D eigenvalue weighted by Crippen LogP contribution is 2.03. The van der Waals surface area contributed by atoms with Gasteiger partial charge < -0.3 is 10.7 Å². The number of hydrogen-bond acceptors (Lipinski definition) is 2. The van der Waals surface area contributed by atoms with Crippen molar-refractivity contribution in [3.8, 4) is 0 Å². The number of aromatic nitrogens is 1. The molecule has 0 saturated carbocycles. The molecule has 0 aliphatic carbocycles. The second-order valence-electron chi connectivity index (χ2n) is 4.16. The van der Waals surface area contributed by atoms with E-state index in [2.05, 4.69) is 17.7 Å². The first kappa shape index (κ1) is 12.6. The highest BCUT2D eigenvalue weighted by atomic mass is 16.2. The van der Waals surface area contributed by atoms with Crippen LogP contribution in [0.3, 0.4) is 0 Å². The highest BCUT2D eigenvalue weighted by molar-refractivity contribution is 5.79. The van der Waals surface area contributed by atoms with Gasteiger partial charge in [-0.2, -0.15) is 0 Å². The quantitative estimate of drug-likeness (QED) is 0.796. The van der Waals surface area contributed by atoms with Crippen molar-refractivity contribution in [2.75, 3.05) is 12.0 Å². The lowest BCUT2D eigenvalue weighted by atomic mass is 10.2. The smallest absolute Gasteiger partial charge is 0.241 e. The van der Waals surface area contributed by atoms with Crippen LogP contribution in [0.2, 0.25) is 0 Å². The Hall–Kier alpha value is -1.45. The maximum absolute atomic E-state index is 11.5. The Bertz CT molecular complexity index is 338. The van der Waals surface area contributed by atoms with Crippen LogP contribution in [0.15, 0.2) is 12.1 Å². The summed E-state index contributed by atoms with van der Waals surface area (Å²) in [7, 11) is 0. The zero-order chi connectivity index (χ0) is 12.1. The van der Waals surface area contributed by atoms with E-state index in [1.165, 1.54) is 0 Å². The van der Waals surface area contributed by atoms with Gasteiger partial charge in [0.1, 0.15) is 6.54 Å². The van der Waals surface area contributed by atoms with Crippen LogP contribution >= 0.6 is 0 Å². The molecule has 0 aromatic carbocycles. The second kappa shape index (κ2) is 5.58. The molecule has 1 unspecified atom stereocenters. The Balaban J connectivity index is 2.43. The molecule has 0 saturated heterocycles. The first-order valence-corrected chi connectivity index (χ1v) is 5.72. The molecule has 0 aliphatic heterocycles. The average Bonchev–Trinajstić information content (AvgIpc) is 2.56. The highest BCUT2D eigenvalue weighted by Gasteiger charge is 2.06. The van der Waals surface area contributed by atoms with E-state index >= 15 is 0 Å². The van der Waals surface area contributed by atoms with Gasteiger partial charge in [0.2, 0.25) is 5.91 Å². The molecule has 1 amide bonds. The molecule has 1 heterocycles. The second-order valence-corrected chi connectivity index (χ2v) is 4.16. The summed E-state index contributed by atoms with van der Waals surface area (Å²) in [5.41, 5.74) is 5.31. The van der Waals surface area contributed by atoms with E-state index in [0.717, 1.165) is 17.8 Å². The molecule has 4 heteroatoms. The van der Waals surface area contributed by atoms with E-state index in [4.69, 9.17) is 0 Å². The third-order valence-electron chi connectivity index (χ3n) is 2.69. The van der Waals surface area contributed by atoms with Crippen LogP contribution in [0.4, 0.5) is 0 Å². The molecule has 16 heavy (non-hydrogen) atoms. The van der Waals surface area contributed by atoms with Gasteiger partial charge in [0.05, 0.1) is 0 Å². The Kier molecular flexibility index (Phi) is 4.40. The molecule has 0 fully saturated rings. The standard InChI is InChI=1S/C12H21N3O/c1-5-9(2)14-12(16)8-13-15-10(3)6-7-11(15)4/h6-7,9,13H,5,8H2,1-4H3,(H,14,16). The van der Waals surface area contributed by atoms with Crippen molar-refractivity contribution < 1.29 is 4.79 Å². The Labute approximate surface area is 97.0 Å². The fourth-order valence-electron chi connectivity index (χ4n) is 1.50. The Morgan fingerprint density at radius 2 is 1.94 bits per heavy atom. The van der Waals surface area contributed by atoms with Crippen molar-refractivity contribution in [2.45, 2.75) is 40.2 Å². The SMILES string of the molecule is CCC(C)NC(=O)CNn1c(C)ccc1C. The average molecular weight is 223 g/mol. The van der Waals surface area contributed by atoms with Crippen molar-refractivity contribution in [3.63, 3.8) is 0 Å². The minimum Gasteiger partial charge on any atom is -0.352 e. The van der Waals surface area contributed by atoms with Gasteiger partial charge >= 0.3 is 0 Å². The van der Waals surface area contributed by atoms with Crippen LogP contribution in [0.25, 0.3) is 0 Å². The van der Waals surface area contributed by atoms with E-state index in [0.29, 0.717) is 6.54 Å². The maximum Gasteiger partial charge on any atom is 0.241 e. The van der Waals surface area contributed by atoms with E-state index in [9.17, 15) is 4.79 Å². The topological polar surface area (TPSA) is 46.1 Å². The summed E-state index contributed by atoms with van der Waals surface area (Å²) in [6, 6.07) is 4.28. The van der Waals surface area contributed by atoms with Gasteiger partial charge in [0, 0.05) is 17.4 Å². The number of amides is 1. The van der Waals surface area contributed by atoms with Gasteiger partial charge in [-0.1, -0.05) is 6.92 Å². The number of carbonyl (C=O) groups excluding carboxylic acids is 1. The molecular weight excluding hydrogens is 202 g/mol. The largest absolute Gasteiger partial charge is 0.352 e. The minimum absolute atomic E-state index is 0.0295. The van der Waals surface area contributed by atoms with Crippen molar-refractivity contribution in [3.05, 3.63) is 23.5 Å². The van der Waals surface area contributed by atoms with Gasteiger partial charge in [-0.3, -0.25) is 9.47 Å². The number of carbonyl (C=O) groups is 1. The van der Waals surface area contributed by atoms with Gasteiger partial charge in [-0.25, -0.2) is 0 Å². The molecule has 1 atom stereocenters. The van der Waals surface area contributed by atoms with Crippen LogP contribution < -0.4 is 10.7 Å². The summed E-state index contributed by atoms with van der Waals surface area (Å²) in [6.45, 7) is 8.38. The predicted molar refractivity (Wildman–Crippen MR) is 66.0 cm³/mol. The summed E-state index contributed by atoms with van der Waals surface area (Å²) in [6.07, 6.45) is 0.952. The van der Waals surface area contributed by atoms with E-state index < -0.39 is 0 Å². The molecule has 1 aromatic rings. The van der Waals surface area contributed by atoms with E-state index in [1.807, 2.05) is 37.6 Å². The van der Waals surface area contributed by atoms with Crippen molar-refractivity contribution >= 4 is 5.91 Å². The number of nitrogens with zero attached hydrogens (tertiary/aromatic N) is 1. The minimum atomic E-state index is 0.0295. The predicted octanol–water partition coefficient (Wildman–Crippen LogP) is 1.56. The van der Waals surface area contributed by atoms with Crippen LogP contribution in [0.5, 0.6) is 0 Å². The third-order valence-corrected chi connectivity index (χ3v) is 2.69. The van der Waals surface area contributed by atoms with Gasteiger partial charge in [-0.15, -0.1) is 0 Å². The maximum atomic E-state index is 11.5. The van der Waals surface area contributed by atoms with Crippen LogP contribution in [-0.2, 0) is 4.79 Å². The normalized spacial score (nSPS) is 12.2. The number of hydrogen-bond donors (Lipinski definition) is 2.